The molecule has 0 aromatic heterocycles. The van der Waals surface area contributed by atoms with Gasteiger partial charge in [0.2, 0.25) is 11.8 Å². The quantitative estimate of drug-likeness (QED) is 0.676. The molecule has 1 atom stereocenters. The molecule has 30 heavy (non-hydrogen) atoms. The number of hydrogen-bond acceptors (Lipinski definition) is 6. The van der Waals surface area contributed by atoms with Crippen molar-refractivity contribution >= 4 is 57.7 Å². The molecule has 0 aliphatic carbocycles. The van der Waals surface area contributed by atoms with E-state index >= 15 is 0 Å². The summed E-state index contributed by atoms with van der Waals surface area (Å²) in [6.45, 7) is 2.05. The summed E-state index contributed by atoms with van der Waals surface area (Å²) in [6.07, 6.45) is 0.0150. The van der Waals surface area contributed by atoms with Crippen LogP contribution in [0.3, 0.4) is 0 Å². The molecule has 7 nitrogen and oxygen atoms in total. The van der Waals surface area contributed by atoms with Gasteiger partial charge in [0.05, 0.1) is 17.9 Å². The largest absolute Gasteiger partial charge is 0.462 e. The molecule has 156 valence electrons. The van der Waals surface area contributed by atoms with Gasteiger partial charge in [-0.05, 0) is 49.4 Å². The first kappa shape index (κ1) is 21.9. The van der Waals surface area contributed by atoms with Crippen LogP contribution in [0, 0.1) is 0 Å². The Morgan fingerprint density at radius 2 is 1.97 bits per heavy atom. The molecule has 0 bridgehead atoms. The van der Waals surface area contributed by atoms with Crippen molar-refractivity contribution < 1.29 is 19.1 Å². The van der Waals surface area contributed by atoms with Crippen molar-refractivity contribution in [3.63, 3.8) is 0 Å². The maximum absolute atomic E-state index is 12.5. The normalized spacial score (nSPS) is 17.3. The van der Waals surface area contributed by atoms with Gasteiger partial charge in [-0.3, -0.25) is 14.5 Å². The number of hydrogen-bond donors (Lipinski definition) is 1. The summed E-state index contributed by atoms with van der Waals surface area (Å²) in [7, 11) is 1.62. The Kier molecular flexibility index (Phi) is 7.12. The maximum Gasteiger partial charge on any atom is 0.338 e. The highest BCUT2D eigenvalue weighted by Crippen LogP contribution is 2.31. The smallest absolute Gasteiger partial charge is 0.338 e. The van der Waals surface area contributed by atoms with Crippen LogP contribution in [-0.4, -0.2) is 46.8 Å². The van der Waals surface area contributed by atoms with Crippen molar-refractivity contribution in [1.82, 2.24) is 4.90 Å². The second-order valence-corrected chi connectivity index (χ2v) is 8.03. The van der Waals surface area contributed by atoms with E-state index in [1.54, 1.807) is 62.5 Å². The molecule has 2 aromatic rings. The molecule has 1 saturated heterocycles. The zero-order chi connectivity index (χ0) is 21.7. The monoisotopic (exact) mass is 445 g/mol. The van der Waals surface area contributed by atoms with Crippen LogP contribution in [0.5, 0.6) is 0 Å². The number of nitrogens with zero attached hydrogens (tertiary/aromatic N) is 2. The van der Waals surface area contributed by atoms with Crippen molar-refractivity contribution in [1.29, 1.82) is 0 Å². The second-order valence-electron chi connectivity index (χ2n) is 6.43. The summed E-state index contributed by atoms with van der Waals surface area (Å²) >= 11 is 7.15. The van der Waals surface area contributed by atoms with Crippen molar-refractivity contribution in [2.75, 3.05) is 19.0 Å². The lowest BCUT2D eigenvalue weighted by Gasteiger charge is -2.09. The van der Waals surface area contributed by atoms with E-state index in [1.165, 1.54) is 16.7 Å². The van der Waals surface area contributed by atoms with Gasteiger partial charge >= 0.3 is 5.97 Å². The molecule has 2 amide bonds. The first-order chi connectivity index (χ1) is 14.4. The highest BCUT2D eigenvalue weighted by molar-refractivity contribution is 8.15. The third kappa shape index (κ3) is 5.40. The van der Waals surface area contributed by atoms with Gasteiger partial charge < -0.3 is 10.1 Å². The number of halogens is 1. The van der Waals surface area contributed by atoms with Gasteiger partial charge in [0.25, 0.3) is 0 Å². The van der Waals surface area contributed by atoms with Gasteiger partial charge in [0.15, 0.2) is 5.17 Å². The van der Waals surface area contributed by atoms with Crippen LogP contribution in [0.2, 0.25) is 5.02 Å². The average molecular weight is 446 g/mol. The first-order valence-electron chi connectivity index (χ1n) is 9.23. The Hall–Kier alpha value is -2.84. The number of benzene rings is 2. The van der Waals surface area contributed by atoms with Crippen LogP contribution in [0.4, 0.5) is 11.4 Å². The van der Waals surface area contributed by atoms with E-state index in [0.29, 0.717) is 33.7 Å². The van der Waals surface area contributed by atoms with E-state index in [0.717, 1.165) is 0 Å². The molecule has 1 aliphatic rings. The Balaban J connectivity index is 1.65. The van der Waals surface area contributed by atoms with Crippen LogP contribution in [0.1, 0.15) is 23.7 Å². The van der Waals surface area contributed by atoms with Crippen molar-refractivity contribution in [2.45, 2.75) is 18.6 Å². The minimum atomic E-state index is -0.563. The standard InChI is InChI=1S/C21H20ClN3O4S/c1-3-29-20(28)13-7-9-15(10-8-13)24-21-25(2)19(27)17(30-21)12-18(26)23-16-6-4-5-14(22)11-16/h4-11,17H,3,12H2,1-2H3,(H,23,26). The molecule has 1 unspecified atom stereocenters. The zero-order valence-corrected chi connectivity index (χ0v) is 18.0. The van der Waals surface area contributed by atoms with Gasteiger partial charge in [-0.15, -0.1) is 0 Å². The fourth-order valence-corrected chi connectivity index (χ4v) is 4.09. The maximum atomic E-state index is 12.5. The predicted molar refractivity (Wildman–Crippen MR) is 118 cm³/mol. The summed E-state index contributed by atoms with van der Waals surface area (Å²) in [5, 5.41) is 3.19. The highest BCUT2D eigenvalue weighted by atomic mass is 35.5. The number of thioether (sulfide) groups is 1. The molecule has 0 saturated carbocycles. The van der Waals surface area contributed by atoms with Crippen LogP contribution in [0.25, 0.3) is 0 Å². The predicted octanol–water partition coefficient (Wildman–Crippen LogP) is 4.11. The van der Waals surface area contributed by atoms with Crippen molar-refractivity contribution in [3.05, 3.63) is 59.1 Å². The summed E-state index contributed by atoms with van der Waals surface area (Å²) in [4.78, 5) is 42.5. The average Bonchev–Trinajstić information content (AvgIpc) is 2.96. The molecule has 1 fully saturated rings. The van der Waals surface area contributed by atoms with Crippen LogP contribution in [0.15, 0.2) is 53.5 Å². The van der Waals surface area contributed by atoms with E-state index in [1.807, 2.05) is 0 Å². The number of nitrogens with one attached hydrogen (secondary N) is 1. The molecule has 3 rings (SSSR count). The number of aliphatic imine (C=N–C) groups is 1. The van der Waals surface area contributed by atoms with Crippen molar-refractivity contribution in [2.24, 2.45) is 4.99 Å². The first-order valence-corrected chi connectivity index (χ1v) is 10.5. The Labute approximate surface area is 183 Å². The number of amides is 2. The molecule has 1 aliphatic heterocycles. The van der Waals surface area contributed by atoms with Crippen LogP contribution < -0.4 is 5.32 Å². The molecule has 0 radical (unpaired) electrons. The van der Waals surface area contributed by atoms with E-state index in [9.17, 15) is 14.4 Å². The molecule has 1 heterocycles. The van der Waals surface area contributed by atoms with Gasteiger partial charge in [0, 0.05) is 24.2 Å². The summed E-state index contributed by atoms with van der Waals surface area (Å²) in [5.74, 6) is -0.871. The zero-order valence-electron chi connectivity index (χ0n) is 16.4. The highest BCUT2D eigenvalue weighted by Gasteiger charge is 2.37. The third-order valence-electron chi connectivity index (χ3n) is 4.22. The minimum Gasteiger partial charge on any atom is -0.462 e. The molecule has 1 N–H and O–H groups in total. The van der Waals surface area contributed by atoms with E-state index < -0.39 is 11.2 Å². The van der Waals surface area contributed by atoms with Gasteiger partial charge in [-0.25, -0.2) is 9.79 Å². The second kappa shape index (κ2) is 9.77. The van der Waals surface area contributed by atoms with Gasteiger partial charge in [0.1, 0.15) is 5.25 Å². The topological polar surface area (TPSA) is 88.1 Å². The molecular formula is C21H20ClN3O4S. The SMILES string of the molecule is CCOC(=O)c1ccc(N=C2SC(CC(=O)Nc3cccc(Cl)c3)C(=O)N2C)cc1. The number of anilines is 1. The molecule has 9 heteroatoms. The third-order valence-corrected chi connectivity index (χ3v) is 5.69. The number of ether oxygens (including phenoxy) is 1. The summed E-state index contributed by atoms with van der Waals surface area (Å²) in [6, 6.07) is 13.4. The summed E-state index contributed by atoms with van der Waals surface area (Å²) in [5.41, 5.74) is 1.60. The lowest BCUT2D eigenvalue weighted by atomic mass is 10.2. The van der Waals surface area contributed by atoms with E-state index in [2.05, 4.69) is 10.3 Å². The lowest BCUT2D eigenvalue weighted by molar-refractivity contribution is -0.127. The van der Waals surface area contributed by atoms with Gasteiger partial charge in [-0.2, -0.15) is 0 Å². The van der Waals surface area contributed by atoms with Crippen molar-refractivity contribution in [3.8, 4) is 0 Å². The van der Waals surface area contributed by atoms with Crippen LogP contribution in [-0.2, 0) is 14.3 Å². The minimum absolute atomic E-state index is 0.0150. The Morgan fingerprint density at radius 3 is 2.63 bits per heavy atom. The summed E-state index contributed by atoms with van der Waals surface area (Å²) < 4.78 is 4.96. The fraction of sp³-hybridized carbons (Fsp3) is 0.238. The lowest BCUT2D eigenvalue weighted by Crippen LogP contribution is -2.30. The number of amidine groups is 1. The van der Waals surface area contributed by atoms with Crippen LogP contribution >= 0.6 is 23.4 Å². The Bertz CT molecular complexity index is 994. The van der Waals surface area contributed by atoms with E-state index in [4.69, 9.17) is 16.3 Å². The van der Waals surface area contributed by atoms with E-state index in [-0.39, 0.29) is 18.2 Å². The van der Waals surface area contributed by atoms with Gasteiger partial charge in [-0.1, -0.05) is 29.4 Å². The number of carbonyl (C=O) groups is 3. The Morgan fingerprint density at radius 1 is 1.23 bits per heavy atom. The number of rotatable bonds is 6. The molecule has 0 spiro atoms. The number of esters is 1. The molecule has 2 aromatic carbocycles. The number of carbonyl (C=O) groups excluding carboxylic acids is 3. The molecular weight excluding hydrogens is 426 g/mol. The fourth-order valence-electron chi connectivity index (χ4n) is 2.74.